The summed E-state index contributed by atoms with van der Waals surface area (Å²) in [5.74, 6) is -1.53. The Morgan fingerprint density at radius 1 is 1.04 bits per heavy atom. The van der Waals surface area contributed by atoms with Crippen LogP contribution in [-0.4, -0.2) is 41.2 Å². The topological polar surface area (TPSA) is 113 Å². The molecule has 28 heavy (non-hydrogen) atoms. The summed E-state index contributed by atoms with van der Waals surface area (Å²) in [6.07, 6.45) is 0. The highest BCUT2D eigenvalue weighted by atomic mass is 16.2. The lowest BCUT2D eigenvalue weighted by molar-refractivity contribution is -0.130. The molecule has 1 aliphatic rings. The van der Waals surface area contributed by atoms with Crippen molar-refractivity contribution in [3.63, 3.8) is 0 Å². The summed E-state index contributed by atoms with van der Waals surface area (Å²) in [5, 5.41) is 2.60. The second-order valence-corrected chi connectivity index (χ2v) is 6.58. The maximum absolute atomic E-state index is 12.7. The van der Waals surface area contributed by atoms with Gasteiger partial charge in [-0.15, -0.1) is 0 Å². The SMILES string of the molecule is Cc1ccc(N2C(=O)N(CC(=O)Nc3ccc(C(N)=O)cc3)C(=O)C2C)cc1. The number of primary amides is 1. The van der Waals surface area contributed by atoms with Crippen LogP contribution in [0.1, 0.15) is 22.8 Å². The van der Waals surface area contributed by atoms with E-state index in [1.807, 2.05) is 19.1 Å². The van der Waals surface area contributed by atoms with Crippen LogP contribution in [0.5, 0.6) is 0 Å². The summed E-state index contributed by atoms with van der Waals surface area (Å²) in [7, 11) is 0. The fourth-order valence-corrected chi connectivity index (χ4v) is 2.97. The Morgan fingerprint density at radius 2 is 1.64 bits per heavy atom. The maximum Gasteiger partial charge on any atom is 0.332 e. The van der Waals surface area contributed by atoms with Gasteiger partial charge in [0.1, 0.15) is 12.6 Å². The molecule has 0 spiro atoms. The number of rotatable bonds is 5. The Hall–Kier alpha value is -3.68. The van der Waals surface area contributed by atoms with Crippen molar-refractivity contribution in [2.45, 2.75) is 19.9 Å². The van der Waals surface area contributed by atoms with Crippen molar-refractivity contribution in [1.29, 1.82) is 0 Å². The van der Waals surface area contributed by atoms with Crippen LogP contribution in [0.3, 0.4) is 0 Å². The molecule has 1 unspecified atom stereocenters. The van der Waals surface area contributed by atoms with E-state index >= 15 is 0 Å². The van der Waals surface area contributed by atoms with E-state index in [9.17, 15) is 19.2 Å². The van der Waals surface area contributed by atoms with Crippen molar-refractivity contribution in [3.05, 3.63) is 59.7 Å². The number of aryl methyl sites for hydroxylation is 1. The molecule has 8 nitrogen and oxygen atoms in total. The third-order valence-corrected chi connectivity index (χ3v) is 4.51. The van der Waals surface area contributed by atoms with Crippen LogP contribution in [0.2, 0.25) is 0 Å². The van der Waals surface area contributed by atoms with Gasteiger partial charge in [0, 0.05) is 16.9 Å². The van der Waals surface area contributed by atoms with Crippen molar-refractivity contribution in [3.8, 4) is 0 Å². The number of carbonyl (C=O) groups excluding carboxylic acids is 4. The molecule has 0 bridgehead atoms. The van der Waals surface area contributed by atoms with Crippen molar-refractivity contribution < 1.29 is 19.2 Å². The first-order valence-corrected chi connectivity index (χ1v) is 8.69. The summed E-state index contributed by atoms with van der Waals surface area (Å²) in [6.45, 7) is 3.15. The first-order chi connectivity index (χ1) is 13.3. The summed E-state index contributed by atoms with van der Waals surface area (Å²) >= 11 is 0. The van der Waals surface area contributed by atoms with Gasteiger partial charge in [0.15, 0.2) is 0 Å². The standard InChI is InChI=1S/C20H20N4O4/c1-12-3-9-16(10-4-12)24-13(2)19(27)23(20(24)28)11-17(25)22-15-7-5-14(6-8-15)18(21)26/h3-10,13H,11H2,1-2H3,(H2,21,26)(H,22,25). The van der Waals surface area contributed by atoms with E-state index in [1.165, 1.54) is 29.2 Å². The molecular formula is C20H20N4O4. The molecule has 1 saturated heterocycles. The highest BCUT2D eigenvalue weighted by Gasteiger charge is 2.44. The molecular weight excluding hydrogens is 360 g/mol. The van der Waals surface area contributed by atoms with Gasteiger partial charge in [-0.05, 0) is 50.2 Å². The average molecular weight is 380 g/mol. The molecule has 1 heterocycles. The normalized spacial score (nSPS) is 16.4. The molecule has 0 aromatic heterocycles. The summed E-state index contributed by atoms with van der Waals surface area (Å²) < 4.78 is 0. The lowest BCUT2D eigenvalue weighted by Crippen LogP contribution is -2.39. The van der Waals surface area contributed by atoms with E-state index in [2.05, 4.69) is 5.32 Å². The number of nitrogens with one attached hydrogen (secondary N) is 1. The average Bonchev–Trinajstić information content (AvgIpc) is 2.86. The Balaban J connectivity index is 1.70. The van der Waals surface area contributed by atoms with E-state index in [-0.39, 0.29) is 0 Å². The highest BCUT2D eigenvalue weighted by molar-refractivity contribution is 6.16. The van der Waals surface area contributed by atoms with Gasteiger partial charge in [0.25, 0.3) is 5.91 Å². The molecule has 1 atom stereocenters. The van der Waals surface area contributed by atoms with Gasteiger partial charge in [-0.1, -0.05) is 17.7 Å². The zero-order valence-corrected chi connectivity index (χ0v) is 15.5. The number of anilines is 2. The second-order valence-electron chi connectivity index (χ2n) is 6.58. The van der Waals surface area contributed by atoms with Gasteiger partial charge in [-0.3, -0.25) is 24.2 Å². The van der Waals surface area contributed by atoms with E-state index in [1.54, 1.807) is 19.1 Å². The van der Waals surface area contributed by atoms with Crippen molar-refractivity contribution in [2.75, 3.05) is 16.8 Å². The summed E-state index contributed by atoms with van der Waals surface area (Å²) in [4.78, 5) is 50.9. The molecule has 0 aliphatic carbocycles. The number of nitrogens with zero attached hydrogens (tertiary/aromatic N) is 2. The molecule has 0 radical (unpaired) electrons. The minimum atomic E-state index is -0.696. The largest absolute Gasteiger partial charge is 0.366 e. The fraction of sp³-hybridized carbons (Fsp3) is 0.200. The molecule has 3 rings (SSSR count). The number of imide groups is 1. The molecule has 2 aromatic rings. The molecule has 144 valence electrons. The minimum absolute atomic E-state index is 0.311. The number of benzene rings is 2. The first kappa shape index (κ1) is 19.1. The number of nitrogens with two attached hydrogens (primary N) is 1. The Bertz CT molecular complexity index is 938. The summed E-state index contributed by atoms with van der Waals surface area (Å²) in [5.41, 5.74) is 7.55. The van der Waals surface area contributed by atoms with Gasteiger partial charge in [-0.25, -0.2) is 4.79 Å². The number of amides is 5. The van der Waals surface area contributed by atoms with Crippen LogP contribution in [0.15, 0.2) is 48.5 Å². The zero-order chi connectivity index (χ0) is 20.4. The number of hydrogen-bond acceptors (Lipinski definition) is 4. The Kier molecular flexibility index (Phi) is 5.12. The van der Waals surface area contributed by atoms with Crippen molar-refractivity contribution in [2.24, 2.45) is 5.73 Å². The summed E-state index contributed by atoms with van der Waals surface area (Å²) in [6, 6.07) is 12.0. The van der Waals surface area contributed by atoms with Crippen LogP contribution in [-0.2, 0) is 9.59 Å². The molecule has 1 aliphatic heterocycles. The third kappa shape index (κ3) is 3.71. The van der Waals surface area contributed by atoms with Crippen LogP contribution in [0, 0.1) is 6.92 Å². The van der Waals surface area contributed by atoms with Crippen molar-refractivity contribution >= 4 is 35.1 Å². The predicted octanol–water partition coefficient (Wildman–Crippen LogP) is 1.89. The van der Waals surface area contributed by atoms with Crippen LogP contribution >= 0.6 is 0 Å². The highest BCUT2D eigenvalue weighted by Crippen LogP contribution is 2.26. The van der Waals surface area contributed by atoms with Crippen LogP contribution in [0.4, 0.5) is 16.2 Å². The molecule has 1 fully saturated rings. The van der Waals surface area contributed by atoms with Gasteiger partial charge in [0.05, 0.1) is 0 Å². The zero-order valence-electron chi connectivity index (χ0n) is 15.5. The van der Waals surface area contributed by atoms with Gasteiger partial charge in [-0.2, -0.15) is 0 Å². The smallest absolute Gasteiger partial charge is 0.332 e. The Morgan fingerprint density at radius 3 is 2.21 bits per heavy atom. The molecule has 8 heteroatoms. The predicted molar refractivity (Wildman–Crippen MR) is 104 cm³/mol. The lowest BCUT2D eigenvalue weighted by Gasteiger charge is -2.19. The number of hydrogen-bond donors (Lipinski definition) is 2. The van der Waals surface area contributed by atoms with Gasteiger partial charge in [0.2, 0.25) is 11.8 Å². The molecule has 2 aromatic carbocycles. The maximum atomic E-state index is 12.7. The van der Waals surface area contributed by atoms with E-state index in [0.717, 1.165) is 10.5 Å². The monoisotopic (exact) mass is 380 g/mol. The second kappa shape index (κ2) is 7.51. The quantitative estimate of drug-likeness (QED) is 0.771. The van der Waals surface area contributed by atoms with Crippen molar-refractivity contribution in [1.82, 2.24) is 4.90 Å². The third-order valence-electron chi connectivity index (χ3n) is 4.51. The fourth-order valence-electron chi connectivity index (χ4n) is 2.97. The molecule has 3 N–H and O–H groups in total. The van der Waals surface area contributed by atoms with Crippen LogP contribution < -0.4 is 16.0 Å². The number of carbonyl (C=O) groups is 4. The number of urea groups is 1. The first-order valence-electron chi connectivity index (χ1n) is 8.69. The Labute approximate surface area is 161 Å². The molecule has 0 saturated carbocycles. The van der Waals surface area contributed by atoms with Crippen LogP contribution in [0.25, 0.3) is 0 Å². The lowest BCUT2D eigenvalue weighted by atomic mass is 10.2. The minimum Gasteiger partial charge on any atom is -0.366 e. The van der Waals surface area contributed by atoms with Gasteiger partial charge >= 0.3 is 6.03 Å². The van der Waals surface area contributed by atoms with E-state index in [0.29, 0.717) is 16.9 Å². The van der Waals surface area contributed by atoms with Gasteiger partial charge < -0.3 is 11.1 Å². The molecule has 5 amide bonds. The van der Waals surface area contributed by atoms with E-state index < -0.39 is 36.3 Å². The van der Waals surface area contributed by atoms with E-state index in [4.69, 9.17) is 5.73 Å².